The van der Waals surface area contributed by atoms with Gasteiger partial charge >= 0.3 is 5.97 Å². The van der Waals surface area contributed by atoms with Crippen LogP contribution in [0.1, 0.15) is 52.6 Å². The highest BCUT2D eigenvalue weighted by molar-refractivity contribution is 7.15. The quantitative estimate of drug-likeness (QED) is 0.640. The van der Waals surface area contributed by atoms with Crippen molar-refractivity contribution in [3.05, 3.63) is 62.5 Å². The summed E-state index contributed by atoms with van der Waals surface area (Å²) >= 11 is 7.75. The number of aryl methyl sites for hydroxylation is 2. The Bertz CT molecular complexity index is 1130. The van der Waals surface area contributed by atoms with Gasteiger partial charge in [-0.05, 0) is 44.9 Å². The van der Waals surface area contributed by atoms with Gasteiger partial charge in [0.25, 0.3) is 0 Å². The first-order valence-corrected chi connectivity index (χ1v) is 10.6. The van der Waals surface area contributed by atoms with Crippen molar-refractivity contribution in [2.45, 2.75) is 40.2 Å². The molecule has 0 radical (unpaired) electrons. The van der Waals surface area contributed by atoms with Crippen molar-refractivity contribution in [3.8, 4) is 5.00 Å². The summed E-state index contributed by atoms with van der Waals surface area (Å²) in [6, 6.07) is 6.87. The predicted molar refractivity (Wildman–Crippen MR) is 115 cm³/mol. The molecule has 0 saturated carbocycles. The summed E-state index contributed by atoms with van der Waals surface area (Å²) in [6.07, 6.45) is 0.439. The van der Waals surface area contributed by atoms with E-state index in [1.165, 1.54) is 4.88 Å². The molecule has 6 nitrogen and oxygen atoms in total. The second-order valence-corrected chi connectivity index (χ2v) is 8.83. The maximum Gasteiger partial charge on any atom is 0.309 e. The first kappa shape index (κ1) is 19.8. The van der Waals surface area contributed by atoms with Crippen molar-refractivity contribution in [3.63, 3.8) is 0 Å². The molecule has 0 fully saturated rings. The Hall–Kier alpha value is -2.51. The van der Waals surface area contributed by atoms with Gasteiger partial charge in [-0.3, -0.25) is 14.4 Å². The van der Waals surface area contributed by atoms with Crippen molar-refractivity contribution in [1.29, 1.82) is 0 Å². The molecule has 3 heterocycles. The Morgan fingerprint density at radius 3 is 2.55 bits per heavy atom. The Morgan fingerprint density at radius 2 is 1.93 bits per heavy atom. The van der Waals surface area contributed by atoms with Crippen LogP contribution in [0, 0.1) is 26.7 Å². The smallest absolute Gasteiger partial charge is 0.309 e. The molecule has 0 bridgehead atoms. The monoisotopic (exact) mass is 428 g/mol. The first-order chi connectivity index (χ1) is 13.8. The molecule has 2 aromatic heterocycles. The third-order valence-electron chi connectivity index (χ3n) is 5.45. The van der Waals surface area contributed by atoms with Gasteiger partial charge in [0.1, 0.15) is 16.9 Å². The summed E-state index contributed by atoms with van der Waals surface area (Å²) < 4.78 is 1.97. The van der Waals surface area contributed by atoms with Crippen molar-refractivity contribution < 1.29 is 9.90 Å². The van der Waals surface area contributed by atoms with Crippen LogP contribution in [0.15, 0.2) is 29.3 Å². The van der Waals surface area contributed by atoms with Crippen LogP contribution in [0.25, 0.3) is 5.00 Å². The van der Waals surface area contributed by atoms with Gasteiger partial charge in [-0.15, -0.1) is 21.5 Å². The molecule has 2 atom stereocenters. The zero-order chi connectivity index (χ0) is 20.9. The molecule has 1 N–H and O–H groups in total. The molecule has 2 unspecified atom stereocenters. The minimum Gasteiger partial charge on any atom is -0.481 e. The van der Waals surface area contributed by atoms with Gasteiger partial charge in [0.15, 0.2) is 5.82 Å². The maximum absolute atomic E-state index is 12.0. The highest BCUT2D eigenvalue weighted by Crippen LogP contribution is 2.41. The molecule has 3 aromatic rings. The molecule has 1 aromatic carbocycles. The van der Waals surface area contributed by atoms with Crippen molar-refractivity contribution in [1.82, 2.24) is 14.8 Å². The van der Waals surface area contributed by atoms with E-state index in [1.807, 2.05) is 42.7 Å². The van der Waals surface area contributed by atoms with Crippen LogP contribution in [-0.4, -0.2) is 31.6 Å². The molecule has 0 spiro atoms. The van der Waals surface area contributed by atoms with E-state index < -0.39 is 17.9 Å². The lowest BCUT2D eigenvalue weighted by Crippen LogP contribution is -2.23. The summed E-state index contributed by atoms with van der Waals surface area (Å²) in [7, 11) is 0. The van der Waals surface area contributed by atoms with Gasteiger partial charge in [-0.25, -0.2) is 0 Å². The Labute approximate surface area is 177 Å². The molecule has 1 aliphatic rings. The standard InChI is InChI=1S/C21H21ClN4O2S/c1-5-15(21(27)28)18-19-25-24-12(4)26(19)20-16(10(2)11(3)29-20)17(23-18)13-6-8-14(22)9-7-13/h6-9,15,18H,5H2,1-4H3,(H,27,28). The normalized spacial score (nSPS) is 16.6. The maximum atomic E-state index is 12.0. The SMILES string of the molecule is CCC(C(=O)O)C1N=C(c2ccc(Cl)cc2)c2c(sc(C)c2C)-n2c(C)nnc21. The van der Waals surface area contributed by atoms with E-state index in [0.29, 0.717) is 17.3 Å². The average molecular weight is 429 g/mol. The zero-order valence-electron chi connectivity index (χ0n) is 16.6. The number of fused-ring (bicyclic) bond motifs is 3. The number of halogens is 1. The van der Waals surface area contributed by atoms with Crippen LogP contribution in [0.2, 0.25) is 5.02 Å². The number of rotatable bonds is 4. The van der Waals surface area contributed by atoms with Crippen molar-refractivity contribution >= 4 is 34.6 Å². The van der Waals surface area contributed by atoms with E-state index in [9.17, 15) is 9.90 Å². The molecule has 8 heteroatoms. The van der Waals surface area contributed by atoms with E-state index in [2.05, 4.69) is 24.0 Å². The second kappa shape index (κ2) is 7.39. The highest BCUT2D eigenvalue weighted by atomic mass is 35.5. The van der Waals surface area contributed by atoms with E-state index >= 15 is 0 Å². The van der Waals surface area contributed by atoms with E-state index in [0.717, 1.165) is 33.2 Å². The predicted octanol–water partition coefficient (Wildman–Crippen LogP) is 4.91. The minimum atomic E-state index is -0.887. The van der Waals surface area contributed by atoms with Crippen LogP contribution >= 0.6 is 22.9 Å². The van der Waals surface area contributed by atoms with Gasteiger partial charge in [0.05, 0.1) is 11.6 Å². The average Bonchev–Trinajstić information content (AvgIpc) is 3.14. The fourth-order valence-corrected chi connectivity index (χ4v) is 5.10. The molecule has 29 heavy (non-hydrogen) atoms. The van der Waals surface area contributed by atoms with Gasteiger partial charge in [0.2, 0.25) is 0 Å². The van der Waals surface area contributed by atoms with Crippen molar-refractivity contribution in [2.75, 3.05) is 0 Å². The number of benzene rings is 1. The third-order valence-corrected chi connectivity index (χ3v) is 6.89. The molecule has 0 aliphatic carbocycles. The number of aliphatic imine (C=N–C) groups is 1. The summed E-state index contributed by atoms with van der Waals surface area (Å²) in [4.78, 5) is 18.2. The molecular formula is C21H21ClN4O2S. The lowest BCUT2D eigenvalue weighted by molar-refractivity contribution is -0.142. The van der Waals surface area contributed by atoms with E-state index in [-0.39, 0.29) is 0 Å². The van der Waals surface area contributed by atoms with Gasteiger partial charge in [-0.1, -0.05) is 30.7 Å². The molecule has 0 saturated heterocycles. The number of nitrogens with zero attached hydrogens (tertiary/aromatic N) is 4. The number of thiophene rings is 1. The first-order valence-electron chi connectivity index (χ1n) is 9.42. The lowest BCUT2D eigenvalue weighted by Gasteiger charge is -2.18. The lowest BCUT2D eigenvalue weighted by atomic mass is 9.95. The molecule has 4 rings (SSSR count). The molecular weight excluding hydrogens is 408 g/mol. The summed E-state index contributed by atoms with van der Waals surface area (Å²) in [5.41, 5.74) is 3.80. The third kappa shape index (κ3) is 3.18. The largest absolute Gasteiger partial charge is 0.481 e. The molecule has 150 valence electrons. The number of carboxylic acids is 1. The van der Waals surface area contributed by atoms with Gasteiger partial charge in [-0.2, -0.15) is 0 Å². The fraction of sp³-hybridized carbons (Fsp3) is 0.333. The van der Waals surface area contributed by atoms with Gasteiger partial charge in [0, 0.05) is 21.0 Å². The van der Waals surface area contributed by atoms with Crippen LogP contribution in [0.4, 0.5) is 0 Å². The molecule has 0 amide bonds. The summed E-state index contributed by atoms with van der Waals surface area (Å²) in [5, 5.41) is 20.1. The summed E-state index contributed by atoms with van der Waals surface area (Å²) in [5.74, 6) is -0.291. The van der Waals surface area contributed by atoms with Crippen molar-refractivity contribution in [2.24, 2.45) is 10.9 Å². The van der Waals surface area contributed by atoms with Crippen LogP contribution < -0.4 is 0 Å². The fourth-order valence-electron chi connectivity index (χ4n) is 3.76. The van der Waals surface area contributed by atoms with Crippen LogP contribution in [-0.2, 0) is 4.79 Å². The van der Waals surface area contributed by atoms with Crippen LogP contribution in [0.5, 0.6) is 0 Å². The Morgan fingerprint density at radius 1 is 1.24 bits per heavy atom. The highest BCUT2D eigenvalue weighted by Gasteiger charge is 2.37. The second-order valence-electron chi connectivity index (χ2n) is 7.19. The number of aromatic nitrogens is 3. The number of carboxylic acid groups (broad SMARTS) is 1. The van der Waals surface area contributed by atoms with E-state index in [1.54, 1.807) is 11.3 Å². The number of carbonyl (C=O) groups is 1. The Kier molecular flexibility index (Phi) is 5.04. The number of hydrogen-bond donors (Lipinski definition) is 1. The molecule has 1 aliphatic heterocycles. The van der Waals surface area contributed by atoms with Gasteiger partial charge < -0.3 is 5.11 Å². The van der Waals surface area contributed by atoms with E-state index in [4.69, 9.17) is 16.6 Å². The Balaban J connectivity index is 2.07. The van der Waals surface area contributed by atoms with Crippen LogP contribution in [0.3, 0.4) is 0 Å². The minimum absolute atomic E-state index is 0.439. The number of hydrogen-bond acceptors (Lipinski definition) is 5. The zero-order valence-corrected chi connectivity index (χ0v) is 18.2. The number of aliphatic carboxylic acids is 1. The topological polar surface area (TPSA) is 80.4 Å². The summed E-state index contributed by atoms with van der Waals surface area (Å²) in [6.45, 7) is 7.90.